The van der Waals surface area contributed by atoms with Gasteiger partial charge in [0.05, 0.1) is 7.11 Å². The van der Waals surface area contributed by atoms with Crippen LogP contribution in [0.1, 0.15) is 69.1 Å². The molecule has 40 heavy (non-hydrogen) atoms. The van der Waals surface area contributed by atoms with Crippen molar-refractivity contribution in [3.63, 3.8) is 0 Å². The van der Waals surface area contributed by atoms with Crippen LogP contribution in [0, 0.1) is 5.92 Å². The van der Waals surface area contributed by atoms with Crippen molar-refractivity contribution in [1.82, 2.24) is 9.91 Å². The summed E-state index contributed by atoms with van der Waals surface area (Å²) in [7, 11) is 1.74. The van der Waals surface area contributed by atoms with Gasteiger partial charge in [-0.15, -0.1) is 0 Å². The van der Waals surface area contributed by atoms with Crippen molar-refractivity contribution >= 4 is 22.9 Å². The highest BCUT2D eigenvalue weighted by atomic mass is 16.5. The molecule has 2 amide bonds. The molecule has 0 N–H and O–H groups in total. The van der Waals surface area contributed by atoms with Crippen molar-refractivity contribution in [3.05, 3.63) is 108 Å². The minimum absolute atomic E-state index is 0.0215. The molecule has 2 aromatic rings. The van der Waals surface area contributed by atoms with Gasteiger partial charge in [0, 0.05) is 30.1 Å². The quantitative estimate of drug-likeness (QED) is 0.374. The molecule has 0 aromatic heterocycles. The lowest BCUT2D eigenvalue weighted by Gasteiger charge is -2.37. The van der Waals surface area contributed by atoms with Gasteiger partial charge in [0.25, 0.3) is 0 Å². The van der Waals surface area contributed by atoms with Gasteiger partial charge < -0.3 is 9.64 Å². The number of methoxy groups -OCH3 is 1. The Bertz CT molecular complexity index is 1330. The highest BCUT2D eigenvalue weighted by Crippen LogP contribution is 2.31. The van der Waals surface area contributed by atoms with Gasteiger partial charge in [-0.05, 0) is 86.1 Å². The molecule has 1 fully saturated rings. The molecule has 1 aliphatic carbocycles. The van der Waals surface area contributed by atoms with Crippen molar-refractivity contribution in [2.75, 3.05) is 13.7 Å². The maximum Gasteiger partial charge on any atom is 0.344 e. The van der Waals surface area contributed by atoms with E-state index in [9.17, 15) is 4.79 Å². The molecular formula is C35H41N3O2. The van der Waals surface area contributed by atoms with Gasteiger partial charge in [0.2, 0.25) is 0 Å². The Balaban J connectivity index is 1.37. The maximum atomic E-state index is 13.9. The topological polar surface area (TPSA) is 45.1 Å². The summed E-state index contributed by atoms with van der Waals surface area (Å²) >= 11 is 0. The Labute approximate surface area is 239 Å². The fraction of sp³-hybridized carbons (Fsp3) is 0.371. The second-order valence-corrected chi connectivity index (χ2v) is 11.0. The van der Waals surface area contributed by atoms with E-state index in [2.05, 4.69) is 79.8 Å². The van der Waals surface area contributed by atoms with E-state index in [1.807, 2.05) is 24.1 Å². The number of piperidine rings is 1. The van der Waals surface area contributed by atoms with E-state index in [0.717, 1.165) is 85.2 Å². The van der Waals surface area contributed by atoms with Gasteiger partial charge in [0.1, 0.15) is 5.76 Å². The second kappa shape index (κ2) is 13.0. The largest absolute Gasteiger partial charge is 0.496 e. The van der Waals surface area contributed by atoms with E-state index < -0.39 is 0 Å². The summed E-state index contributed by atoms with van der Waals surface area (Å²) in [4.78, 5) is 16.0. The molecule has 2 unspecified atom stereocenters. The van der Waals surface area contributed by atoms with Crippen LogP contribution in [0.5, 0.6) is 0 Å². The molecule has 1 saturated heterocycles. The summed E-state index contributed by atoms with van der Waals surface area (Å²) in [5.41, 5.74) is 6.69. The zero-order valence-electron chi connectivity index (χ0n) is 24.1. The van der Waals surface area contributed by atoms with Crippen LogP contribution in [-0.2, 0) is 11.2 Å². The van der Waals surface area contributed by atoms with Gasteiger partial charge >= 0.3 is 6.03 Å². The van der Waals surface area contributed by atoms with Crippen LogP contribution in [0.25, 0.3) is 11.1 Å². The van der Waals surface area contributed by atoms with Gasteiger partial charge in [0.15, 0.2) is 0 Å². The van der Waals surface area contributed by atoms with Crippen LogP contribution < -0.4 is 0 Å². The summed E-state index contributed by atoms with van der Waals surface area (Å²) in [6.45, 7) is 4.98. The number of nitrogens with zero attached hydrogens (tertiary/aromatic N) is 3. The number of carbonyl (C=O) groups is 1. The predicted molar refractivity (Wildman–Crippen MR) is 164 cm³/mol. The molecule has 0 spiro atoms. The van der Waals surface area contributed by atoms with E-state index in [1.54, 1.807) is 12.1 Å². The van der Waals surface area contributed by atoms with Gasteiger partial charge in [-0.1, -0.05) is 79.7 Å². The fourth-order valence-electron chi connectivity index (χ4n) is 5.84. The number of hydrogen-bond donors (Lipinski definition) is 0. The van der Waals surface area contributed by atoms with Crippen LogP contribution in [-0.4, -0.2) is 41.3 Å². The summed E-state index contributed by atoms with van der Waals surface area (Å²) in [6, 6.07) is 19.3. The molecule has 5 heteroatoms. The number of hydrogen-bond acceptors (Lipinski definition) is 3. The third-order valence-corrected chi connectivity index (χ3v) is 8.21. The van der Waals surface area contributed by atoms with E-state index in [4.69, 9.17) is 9.84 Å². The van der Waals surface area contributed by atoms with Gasteiger partial charge in [-0.2, -0.15) is 10.1 Å². The number of benzene rings is 2. The fourth-order valence-corrected chi connectivity index (χ4v) is 5.84. The Kier molecular flexibility index (Phi) is 9.00. The molecule has 5 nitrogen and oxygen atoms in total. The van der Waals surface area contributed by atoms with Gasteiger partial charge in [-0.3, -0.25) is 0 Å². The molecule has 2 aromatic carbocycles. The lowest BCUT2D eigenvalue weighted by Crippen LogP contribution is -2.48. The van der Waals surface area contributed by atoms with E-state index in [1.165, 1.54) is 5.56 Å². The normalized spacial score (nSPS) is 21.5. The third-order valence-electron chi connectivity index (χ3n) is 8.21. The molecule has 0 bridgehead atoms. The highest BCUT2D eigenvalue weighted by Gasteiger charge is 2.30. The first kappa shape index (κ1) is 27.7. The Morgan fingerprint density at radius 3 is 2.55 bits per heavy atom. The molecule has 2 atom stereocenters. The van der Waals surface area contributed by atoms with Crippen LogP contribution in [0.2, 0.25) is 0 Å². The van der Waals surface area contributed by atoms with E-state index >= 15 is 0 Å². The maximum absolute atomic E-state index is 13.9. The average molecular weight is 536 g/mol. The van der Waals surface area contributed by atoms with Crippen molar-refractivity contribution in [2.24, 2.45) is 11.0 Å². The number of urea groups is 1. The minimum atomic E-state index is -0.0215. The molecule has 2 heterocycles. The van der Waals surface area contributed by atoms with Crippen LogP contribution in [0.3, 0.4) is 0 Å². The zero-order valence-corrected chi connectivity index (χ0v) is 24.1. The number of likely N-dealkylation sites (tertiary alicyclic amines) is 1. The second-order valence-electron chi connectivity index (χ2n) is 11.0. The third kappa shape index (κ3) is 6.47. The van der Waals surface area contributed by atoms with Crippen molar-refractivity contribution in [2.45, 2.75) is 64.8 Å². The van der Waals surface area contributed by atoms with Crippen molar-refractivity contribution in [3.8, 4) is 0 Å². The lowest BCUT2D eigenvalue weighted by atomic mass is 9.96. The molecule has 3 aliphatic rings. The van der Waals surface area contributed by atoms with E-state index in [0.29, 0.717) is 5.92 Å². The van der Waals surface area contributed by atoms with Crippen LogP contribution in [0.15, 0.2) is 96.0 Å². The molecule has 0 saturated carbocycles. The zero-order chi connectivity index (χ0) is 27.9. The first-order valence-electron chi connectivity index (χ1n) is 14.7. The summed E-state index contributed by atoms with van der Waals surface area (Å²) in [5, 5.41) is 6.35. The van der Waals surface area contributed by atoms with E-state index in [-0.39, 0.29) is 12.1 Å². The predicted octanol–water partition coefficient (Wildman–Crippen LogP) is 8.23. The molecule has 208 valence electrons. The number of carbonyl (C=O) groups excluding carboxylic acids is 1. The standard InChI is InChI=1S/C35H41N3O2/c1-4-27-13-10-15-33(34(24-27)40-3)30-20-18-29(19-21-30)31-17-16-26(2)36-38(25-31)35(39)37-22-9-8-14-32(37)23-28-11-6-5-7-12-28/h5-7,10-13,15,18-21,24-25,27,32H,4,8-9,14,16-17,22-23H2,1-3H3. The average Bonchev–Trinajstić information content (AvgIpc) is 3.33. The molecular weight excluding hydrogens is 494 g/mol. The lowest BCUT2D eigenvalue weighted by molar-refractivity contribution is 0.128. The summed E-state index contributed by atoms with van der Waals surface area (Å²) in [6.07, 6.45) is 17.4. The molecule has 5 rings (SSSR count). The molecule has 2 aliphatic heterocycles. The summed E-state index contributed by atoms with van der Waals surface area (Å²) < 4.78 is 5.77. The van der Waals surface area contributed by atoms with Crippen molar-refractivity contribution in [1.29, 1.82) is 0 Å². The summed E-state index contributed by atoms with van der Waals surface area (Å²) in [5.74, 6) is 1.28. The number of allylic oxidation sites excluding steroid dienone is 6. The minimum Gasteiger partial charge on any atom is -0.496 e. The van der Waals surface area contributed by atoms with Crippen molar-refractivity contribution < 1.29 is 9.53 Å². The van der Waals surface area contributed by atoms with Crippen LogP contribution in [0.4, 0.5) is 4.79 Å². The number of rotatable bonds is 6. The number of hydrazone groups is 1. The molecule has 0 radical (unpaired) electrons. The Morgan fingerprint density at radius 2 is 1.80 bits per heavy atom. The smallest absolute Gasteiger partial charge is 0.344 e. The van der Waals surface area contributed by atoms with Gasteiger partial charge in [-0.25, -0.2) is 4.79 Å². The number of ether oxygens (including phenoxy) is 1. The Morgan fingerprint density at radius 1 is 1.02 bits per heavy atom. The SMILES string of the molecule is CCC1C=CC=C(c2ccc(C3=CN(C(=O)N4CCCCC4Cc4ccccc4)N=C(C)CC3)cc2)C(OC)=C1. The highest BCUT2D eigenvalue weighted by molar-refractivity contribution is 5.88. The monoisotopic (exact) mass is 535 g/mol. The van der Waals surface area contributed by atoms with Crippen LogP contribution >= 0.6 is 0 Å². The first-order valence-corrected chi connectivity index (χ1v) is 14.7. The Hall–Kier alpha value is -3.86. The first-order chi connectivity index (χ1) is 19.6. The number of amides is 2.